The fourth-order valence-electron chi connectivity index (χ4n) is 1.59. The lowest BCUT2D eigenvalue weighted by Crippen LogP contribution is -2.27. The van der Waals surface area contributed by atoms with Gasteiger partial charge in [-0.3, -0.25) is 9.69 Å². The third kappa shape index (κ3) is 3.73. The van der Waals surface area contributed by atoms with E-state index in [0.717, 1.165) is 11.3 Å². The number of rotatable bonds is 5. The Labute approximate surface area is 129 Å². The molecule has 0 fully saturated rings. The summed E-state index contributed by atoms with van der Waals surface area (Å²) in [4.78, 5) is 32.3. The fraction of sp³-hybridized carbons (Fsp3) is 0.231. The summed E-state index contributed by atoms with van der Waals surface area (Å²) in [7, 11) is 0. The lowest BCUT2D eigenvalue weighted by Gasteiger charge is -2.14. The van der Waals surface area contributed by atoms with Crippen LogP contribution in [0.4, 0.5) is 5.13 Å². The van der Waals surface area contributed by atoms with Crippen molar-refractivity contribution in [2.24, 2.45) is 0 Å². The van der Waals surface area contributed by atoms with Gasteiger partial charge in [-0.1, -0.05) is 0 Å². The first kappa shape index (κ1) is 15.3. The number of anilines is 1. The lowest BCUT2D eigenvalue weighted by molar-refractivity contribution is -0.116. The highest BCUT2D eigenvalue weighted by molar-refractivity contribution is 7.14. The number of hydrogen-bond acceptors (Lipinski definition) is 6. The van der Waals surface area contributed by atoms with Crippen molar-refractivity contribution < 1.29 is 14.7 Å². The molecular weight excluding hydrogens is 310 g/mol. The highest BCUT2D eigenvalue weighted by Gasteiger charge is 2.12. The number of carbonyl (C=O) groups excluding carboxylic acids is 1. The molecule has 0 saturated heterocycles. The Kier molecular flexibility index (Phi) is 4.81. The molecule has 2 aromatic heterocycles. The maximum Gasteiger partial charge on any atom is 0.347 e. The SMILES string of the molecule is CCN(C(C)=O)c1nc(/C=C/c2ncc(C(=O)O)s2)cs1. The van der Waals surface area contributed by atoms with E-state index in [1.165, 1.54) is 24.5 Å². The van der Waals surface area contributed by atoms with Gasteiger partial charge < -0.3 is 5.11 Å². The van der Waals surface area contributed by atoms with Crippen molar-refractivity contribution in [1.82, 2.24) is 9.97 Å². The largest absolute Gasteiger partial charge is 0.477 e. The predicted molar refractivity (Wildman–Crippen MR) is 83.8 cm³/mol. The van der Waals surface area contributed by atoms with Crippen molar-refractivity contribution in [2.75, 3.05) is 11.4 Å². The van der Waals surface area contributed by atoms with Crippen LogP contribution in [0.3, 0.4) is 0 Å². The summed E-state index contributed by atoms with van der Waals surface area (Å²) in [6, 6.07) is 0. The van der Waals surface area contributed by atoms with Crippen LogP contribution in [0, 0.1) is 0 Å². The lowest BCUT2D eigenvalue weighted by atomic mass is 10.4. The van der Waals surface area contributed by atoms with Gasteiger partial charge in [0.2, 0.25) is 5.91 Å². The molecule has 1 N–H and O–H groups in total. The molecule has 1 amide bonds. The first-order chi connectivity index (χ1) is 10.0. The fourth-order valence-corrected chi connectivity index (χ4v) is 3.15. The van der Waals surface area contributed by atoms with E-state index in [9.17, 15) is 9.59 Å². The molecule has 2 rings (SSSR count). The van der Waals surface area contributed by atoms with Gasteiger partial charge in [0.05, 0.1) is 11.9 Å². The number of carboxylic acid groups (broad SMARTS) is 1. The van der Waals surface area contributed by atoms with E-state index in [-0.39, 0.29) is 10.8 Å². The Morgan fingerprint density at radius 2 is 2.19 bits per heavy atom. The maximum atomic E-state index is 11.4. The summed E-state index contributed by atoms with van der Waals surface area (Å²) in [5.74, 6) is -1.03. The van der Waals surface area contributed by atoms with Crippen LogP contribution in [0.25, 0.3) is 12.2 Å². The van der Waals surface area contributed by atoms with Gasteiger partial charge >= 0.3 is 5.97 Å². The van der Waals surface area contributed by atoms with E-state index in [2.05, 4.69) is 9.97 Å². The molecular formula is C13H13N3O3S2. The second-order valence-electron chi connectivity index (χ2n) is 4.02. The number of aromatic nitrogens is 2. The first-order valence-corrected chi connectivity index (χ1v) is 7.81. The number of aromatic carboxylic acids is 1. The molecule has 0 aliphatic rings. The molecule has 0 aromatic carbocycles. The molecule has 0 bridgehead atoms. The maximum absolute atomic E-state index is 11.4. The van der Waals surface area contributed by atoms with Crippen LogP contribution in [0.5, 0.6) is 0 Å². The Bertz CT molecular complexity index is 690. The van der Waals surface area contributed by atoms with Crippen LogP contribution >= 0.6 is 22.7 Å². The van der Waals surface area contributed by atoms with Gasteiger partial charge in [-0.15, -0.1) is 22.7 Å². The van der Waals surface area contributed by atoms with Gasteiger partial charge in [-0.05, 0) is 19.1 Å². The molecule has 2 heterocycles. The molecule has 0 atom stereocenters. The summed E-state index contributed by atoms with van der Waals surface area (Å²) >= 11 is 2.48. The van der Waals surface area contributed by atoms with E-state index < -0.39 is 5.97 Å². The van der Waals surface area contributed by atoms with Crippen molar-refractivity contribution in [3.63, 3.8) is 0 Å². The van der Waals surface area contributed by atoms with E-state index in [4.69, 9.17) is 5.11 Å². The molecule has 0 radical (unpaired) electrons. The summed E-state index contributed by atoms with van der Waals surface area (Å²) in [5.41, 5.74) is 0.710. The van der Waals surface area contributed by atoms with E-state index in [0.29, 0.717) is 22.4 Å². The first-order valence-electron chi connectivity index (χ1n) is 6.12. The van der Waals surface area contributed by atoms with Crippen molar-refractivity contribution >= 4 is 51.8 Å². The van der Waals surface area contributed by atoms with Gasteiger partial charge in [-0.2, -0.15) is 0 Å². The number of thiazole rings is 2. The van der Waals surface area contributed by atoms with Gasteiger partial charge in [0.15, 0.2) is 5.13 Å². The van der Waals surface area contributed by atoms with Crippen LogP contribution in [0.2, 0.25) is 0 Å². The highest BCUT2D eigenvalue weighted by atomic mass is 32.1. The third-order valence-corrected chi connectivity index (χ3v) is 4.40. The van der Waals surface area contributed by atoms with Crippen molar-refractivity contribution in [1.29, 1.82) is 0 Å². The smallest absolute Gasteiger partial charge is 0.347 e. The summed E-state index contributed by atoms with van der Waals surface area (Å²) in [6.45, 7) is 3.96. The normalized spacial score (nSPS) is 11.0. The van der Waals surface area contributed by atoms with Gasteiger partial charge in [0, 0.05) is 18.8 Å². The summed E-state index contributed by atoms with van der Waals surface area (Å²) in [6.07, 6.45) is 4.78. The average Bonchev–Trinajstić information content (AvgIpc) is 3.05. The van der Waals surface area contributed by atoms with Crippen LogP contribution in [0.1, 0.15) is 34.2 Å². The molecule has 0 unspecified atom stereocenters. The zero-order valence-electron chi connectivity index (χ0n) is 11.4. The number of amides is 1. The minimum absolute atomic E-state index is 0.0478. The molecule has 0 spiro atoms. The van der Waals surface area contributed by atoms with E-state index in [1.54, 1.807) is 17.1 Å². The second kappa shape index (κ2) is 6.59. The van der Waals surface area contributed by atoms with E-state index >= 15 is 0 Å². The monoisotopic (exact) mass is 323 g/mol. The average molecular weight is 323 g/mol. The van der Waals surface area contributed by atoms with Crippen LogP contribution in [-0.4, -0.2) is 33.5 Å². The minimum atomic E-state index is -0.983. The Balaban J connectivity index is 2.12. The minimum Gasteiger partial charge on any atom is -0.477 e. The Morgan fingerprint density at radius 1 is 1.43 bits per heavy atom. The van der Waals surface area contributed by atoms with Gasteiger partial charge in [-0.25, -0.2) is 14.8 Å². The van der Waals surface area contributed by atoms with Gasteiger partial charge in [0.25, 0.3) is 0 Å². The van der Waals surface area contributed by atoms with E-state index in [1.807, 2.05) is 12.3 Å². The van der Waals surface area contributed by atoms with Gasteiger partial charge in [0.1, 0.15) is 9.88 Å². The number of hydrogen-bond donors (Lipinski definition) is 1. The molecule has 21 heavy (non-hydrogen) atoms. The second-order valence-corrected chi connectivity index (χ2v) is 5.92. The number of nitrogens with zero attached hydrogens (tertiary/aromatic N) is 3. The standard InChI is InChI=1S/C13H13N3O3S2/c1-3-16(8(2)17)13-15-9(7-20-13)4-5-11-14-6-10(21-11)12(18)19/h4-7H,3H2,1-2H3,(H,18,19)/b5-4+. The zero-order chi connectivity index (χ0) is 15.4. The Morgan fingerprint density at radius 3 is 2.76 bits per heavy atom. The molecule has 0 aliphatic carbocycles. The molecule has 110 valence electrons. The molecule has 2 aromatic rings. The molecule has 0 aliphatic heterocycles. The zero-order valence-corrected chi connectivity index (χ0v) is 13.1. The Hall–Kier alpha value is -2.06. The summed E-state index contributed by atoms with van der Waals surface area (Å²) in [5, 5.41) is 11.9. The number of carbonyl (C=O) groups is 2. The molecule has 0 saturated carbocycles. The van der Waals surface area contributed by atoms with Crippen molar-refractivity contribution in [3.8, 4) is 0 Å². The van der Waals surface area contributed by atoms with Crippen molar-refractivity contribution in [2.45, 2.75) is 13.8 Å². The highest BCUT2D eigenvalue weighted by Crippen LogP contribution is 2.22. The molecule has 6 nitrogen and oxygen atoms in total. The summed E-state index contributed by atoms with van der Waals surface area (Å²) < 4.78 is 0. The van der Waals surface area contributed by atoms with Crippen LogP contribution in [0.15, 0.2) is 11.6 Å². The van der Waals surface area contributed by atoms with Crippen molar-refractivity contribution in [3.05, 3.63) is 27.2 Å². The quantitative estimate of drug-likeness (QED) is 0.914. The predicted octanol–water partition coefficient (Wildman–Crippen LogP) is 2.84. The van der Waals surface area contributed by atoms with Crippen LogP contribution < -0.4 is 4.90 Å². The number of carboxylic acids is 1. The topological polar surface area (TPSA) is 83.4 Å². The van der Waals surface area contributed by atoms with Crippen LogP contribution in [-0.2, 0) is 4.79 Å². The molecule has 8 heteroatoms. The third-order valence-electron chi connectivity index (χ3n) is 2.57.